The highest BCUT2D eigenvalue weighted by Gasteiger charge is 2.08. The van der Waals surface area contributed by atoms with Gasteiger partial charge in [-0.1, -0.05) is 12.1 Å². The number of rotatable bonds is 1. The SMILES string of the molecule is O=NC(=O)c1cnc2ccccc2n1. The minimum Gasteiger partial charge on any atom is -0.261 e. The van der Waals surface area contributed by atoms with Crippen LogP contribution in [0.1, 0.15) is 10.5 Å². The van der Waals surface area contributed by atoms with E-state index in [4.69, 9.17) is 0 Å². The zero-order valence-electron chi connectivity index (χ0n) is 7.04. The van der Waals surface area contributed by atoms with Crippen LogP contribution >= 0.6 is 0 Å². The molecule has 0 spiro atoms. The maximum absolute atomic E-state index is 10.9. The molecule has 0 saturated heterocycles. The molecule has 1 aromatic heterocycles. The number of carbonyl (C=O) groups excluding carboxylic acids is 1. The Bertz CT molecular complexity index is 510. The Morgan fingerprint density at radius 3 is 2.64 bits per heavy atom. The van der Waals surface area contributed by atoms with Crippen LogP contribution in [-0.2, 0) is 0 Å². The molecule has 68 valence electrons. The number of amides is 1. The summed E-state index contributed by atoms with van der Waals surface area (Å²) < 4.78 is 0. The lowest BCUT2D eigenvalue weighted by Gasteiger charge is -1.96. The fraction of sp³-hybridized carbons (Fsp3) is 0. The standard InChI is InChI=1S/C9H5N3O2/c13-9(12-14)8-5-10-6-3-1-2-4-7(6)11-8/h1-5H. The van der Waals surface area contributed by atoms with Crippen LogP contribution < -0.4 is 0 Å². The van der Waals surface area contributed by atoms with Crippen molar-refractivity contribution in [2.45, 2.75) is 0 Å². The first kappa shape index (κ1) is 8.43. The van der Waals surface area contributed by atoms with Gasteiger partial charge in [-0.25, -0.2) is 4.98 Å². The molecular formula is C9H5N3O2. The Hall–Kier alpha value is -2.17. The third-order valence-electron chi connectivity index (χ3n) is 1.75. The van der Waals surface area contributed by atoms with E-state index in [0.717, 1.165) is 0 Å². The van der Waals surface area contributed by atoms with Gasteiger partial charge in [0.25, 0.3) is 0 Å². The van der Waals surface area contributed by atoms with Gasteiger partial charge in [-0.3, -0.25) is 9.78 Å². The fourth-order valence-corrected chi connectivity index (χ4v) is 1.11. The summed E-state index contributed by atoms with van der Waals surface area (Å²) >= 11 is 0. The molecule has 5 nitrogen and oxygen atoms in total. The van der Waals surface area contributed by atoms with Gasteiger partial charge in [0.05, 0.1) is 17.2 Å². The first-order valence-electron chi connectivity index (χ1n) is 3.91. The quantitative estimate of drug-likeness (QED) is 0.634. The van der Waals surface area contributed by atoms with Crippen LogP contribution in [-0.4, -0.2) is 15.9 Å². The number of hydrogen-bond acceptors (Lipinski definition) is 4. The first-order chi connectivity index (χ1) is 6.81. The summed E-state index contributed by atoms with van der Waals surface area (Å²) in [5, 5.41) is 2.27. The number of para-hydroxylation sites is 2. The van der Waals surface area contributed by atoms with Crippen LogP contribution in [0.2, 0.25) is 0 Å². The number of carbonyl (C=O) groups is 1. The molecule has 1 heterocycles. The molecule has 0 N–H and O–H groups in total. The molecule has 0 aliphatic rings. The molecule has 0 radical (unpaired) electrons. The summed E-state index contributed by atoms with van der Waals surface area (Å²) in [4.78, 5) is 28.8. The molecule has 14 heavy (non-hydrogen) atoms. The van der Waals surface area contributed by atoms with E-state index in [-0.39, 0.29) is 5.69 Å². The van der Waals surface area contributed by atoms with E-state index in [1.54, 1.807) is 18.2 Å². The number of hydrogen-bond donors (Lipinski definition) is 0. The van der Waals surface area contributed by atoms with Crippen molar-refractivity contribution >= 4 is 16.9 Å². The summed E-state index contributed by atoms with van der Waals surface area (Å²) in [6.07, 6.45) is 1.24. The van der Waals surface area contributed by atoms with Crippen LogP contribution in [0.25, 0.3) is 11.0 Å². The van der Waals surface area contributed by atoms with Crippen molar-refractivity contribution in [3.8, 4) is 0 Å². The Morgan fingerprint density at radius 1 is 1.21 bits per heavy atom. The van der Waals surface area contributed by atoms with Gasteiger partial charge in [-0.2, -0.15) is 0 Å². The highest BCUT2D eigenvalue weighted by molar-refractivity contribution is 5.94. The molecule has 0 saturated carbocycles. The first-order valence-corrected chi connectivity index (χ1v) is 3.91. The lowest BCUT2D eigenvalue weighted by atomic mass is 10.3. The topological polar surface area (TPSA) is 72.3 Å². The van der Waals surface area contributed by atoms with E-state index in [0.29, 0.717) is 11.0 Å². The molecule has 0 fully saturated rings. The zero-order chi connectivity index (χ0) is 9.97. The number of benzene rings is 1. The zero-order valence-corrected chi connectivity index (χ0v) is 7.04. The third-order valence-corrected chi connectivity index (χ3v) is 1.75. The summed E-state index contributed by atoms with van der Waals surface area (Å²) in [6, 6.07) is 7.07. The molecule has 5 heteroatoms. The highest BCUT2D eigenvalue weighted by atomic mass is 16.3. The van der Waals surface area contributed by atoms with E-state index in [1.165, 1.54) is 6.20 Å². The molecule has 0 aliphatic carbocycles. The van der Waals surface area contributed by atoms with Gasteiger partial charge in [0.2, 0.25) is 0 Å². The monoisotopic (exact) mass is 187 g/mol. The lowest BCUT2D eigenvalue weighted by Crippen LogP contribution is -1.99. The van der Waals surface area contributed by atoms with Crippen molar-refractivity contribution in [1.29, 1.82) is 0 Å². The predicted octanol–water partition coefficient (Wildman–Crippen LogP) is 1.54. The van der Waals surface area contributed by atoms with E-state index in [2.05, 4.69) is 15.1 Å². The van der Waals surface area contributed by atoms with Crippen molar-refractivity contribution in [3.63, 3.8) is 0 Å². The van der Waals surface area contributed by atoms with Crippen molar-refractivity contribution in [1.82, 2.24) is 9.97 Å². The van der Waals surface area contributed by atoms with Crippen LogP contribution in [0, 0.1) is 4.91 Å². The average Bonchev–Trinajstić information content (AvgIpc) is 2.27. The number of nitroso groups, excluding NO2 is 1. The van der Waals surface area contributed by atoms with Gasteiger partial charge >= 0.3 is 5.91 Å². The molecule has 1 aromatic carbocycles. The molecular weight excluding hydrogens is 182 g/mol. The van der Waals surface area contributed by atoms with Gasteiger partial charge in [0.15, 0.2) is 5.69 Å². The van der Waals surface area contributed by atoms with E-state index < -0.39 is 5.91 Å². The highest BCUT2D eigenvalue weighted by Crippen LogP contribution is 2.08. The maximum atomic E-state index is 10.9. The molecule has 2 rings (SSSR count). The van der Waals surface area contributed by atoms with Crippen molar-refractivity contribution in [2.24, 2.45) is 5.18 Å². The Labute approximate surface area is 78.8 Å². The minimum absolute atomic E-state index is 0.0290. The van der Waals surface area contributed by atoms with Gasteiger partial charge in [0, 0.05) is 5.18 Å². The van der Waals surface area contributed by atoms with Gasteiger partial charge in [-0.05, 0) is 12.1 Å². The fourth-order valence-electron chi connectivity index (χ4n) is 1.11. The molecule has 0 unspecified atom stereocenters. The average molecular weight is 187 g/mol. The van der Waals surface area contributed by atoms with Crippen molar-refractivity contribution < 1.29 is 4.79 Å². The van der Waals surface area contributed by atoms with Crippen molar-refractivity contribution in [3.05, 3.63) is 41.1 Å². The normalized spacial score (nSPS) is 10.0. The van der Waals surface area contributed by atoms with E-state index >= 15 is 0 Å². The summed E-state index contributed by atoms with van der Waals surface area (Å²) in [5.74, 6) is -0.900. The predicted molar refractivity (Wildman–Crippen MR) is 49.7 cm³/mol. The largest absolute Gasteiger partial charge is 0.336 e. The Kier molecular flexibility index (Phi) is 1.98. The third kappa shape index (κ3) is 1.35. The second-order valence-corrected chi connectivity index (χ2v) is 2.64. The number of nitrogens with zero attached hydrogens (tertiary/aromatic N) is 3. The van der Waals surface area contributed by atoms with Crippen LogP contribution in [0.15, 0.2) is 35.6 Å². The maximum Gasteiger partial charge on any atom is 0.336 e. The molecule has 2 aromatic rings. The second-order valence-electron chi connectivity index (χ2n) is 2.64. The van der Waals surface area contributed by atoms with Gasteiger partial charge < -0.3 is 0 Å². The van der Waals surface area contributed by atoms with Crippen LogP contribution in [0.4, 0.5) is 0 Å². The Balaban J connectivity index is 2.62. The van der Waals surface area contributed by atoms with Crippen LogP contribution in [0.3, 0.4) is 0 Å². The Morgan fingerprint density at radius 2 is 1.93 bits per heavy atom. The lowest BCUT2D eigenvalue weighted by molar-refractivity contribution is 0.0996. The molecule has 1 amide bonds. The van der Waals surface area contributed by atoms with Crippen LogP contribution in [0.5, 0.6) is 0 Å². The van der Waals surface area contributed by atoms with Gasteiger partial charge in [0.1, 0.15) is 0 Å². The number of fused-ring (bicyclic) bond motifs is 1. The summed E-state index contributed by atoms with van der Waals surface area (Å²) in [6.45, 7) is 0. The van der Waals surface area contributed by atoms with E-state index in [1.807, 2.05) is 6.07 Å². The summed E-state index contributed by atoms with van der Waals surface area (Å²) in [7, 11) is 0. The molecule has 0 bridgehead atoms. The van der Waals surface area contributed by atoms with Crippen molar-refractivity contribution in [2.75, 3.05) is 0 Å². The van der Waals surface area contributed by atoms with Gasteiger partial charge in [-0.15, -0.1) is 4.91 Å². The number of aromatic nitrogens is 2. The minimum atomic E-state index is -0.900. The molecule has 0 atom stereocenters. The smallest absolute Gasteiger partial charge is 0.261 e. The second kappa shape index (κ2) is 3.29. The van der Waals surface area contributed by atoms with E-state index in [9.17, 15) is 9.70 Å². The molecule has 0 aliphatic heterocycles. The summed E-state index contributed by atoms with van der Waals surface area (Å²) in [5.41, 5.74) is 1.22.